The zero-order valence-corrected chi connectivity index (χ0v) is 21.2. The van der Waals surface area contributed by atoms with E-state index in [4.69, 9.17) is 9.40 Å². The van der Waals surface area contributed by atoms with Gasteiger partial charge in [-0.15, -0.1) is 11.3 Å². The number of carbonyl (C=O) groups excluding carboxylic acids is 1. The van der Waals surface area contributed by atoms with Crippen LogP contribution in [0.15, 0.2) is 62.7 Å². The Morgan fingerprint density at radius 1 is 1.24 bits per heavy atom. The molecule has 1 unspecified atom stereocenters. The highest BCUT2D eigenvalue weighted by Gasteiger charge is 2.41. The smallest absolute Gasteiger partial charge is 0.253 e. The molecule has 4 aromatic rings. The Morgan fingerprint density at radius 2 is 2.12 bits per heavy atom. The topological polar surface area (TPSA) is 83.7 Å². The second-order valence-electron chi connectivity index (χ2n) is 8.22. The number of carbonyl (C=O) groups is 1. The Morgan fingerprint density at radius 3 is 2.85 bits per heavy atom. The van der Waals surface area contributed by atoms with Crippen LogP contribution in [0.3, 0.4) is 0 Å². The average Bonchev–Trinajstić information content (AvgIpc) is 3.63. The maximum absolute atomic E-state index is 14.0. The lowest BCUT2D eigenvalue weighted by Gasteiger charge is -2.35. The van der Waals surface area contributed by atoms with Crippen LogP contribution in [-0.2, 0) is 27.8 Å². The van der Waals surface area contributed by atoms with E-state index in [1.54, 1.807) is 34.7 Å². The molecular weight excluding hydrogens is 490 g/mol. The number of amides is 1. The third-order valence-corrected chi connectivity index (χ3v) is 10.4. The molecule has 0 spiro atoms. The average molecular weight is 516 g/mol. The second-order valence-corrected chi connectivity index (χ2v) is 12.3. The van der Waals surface area contributed by atoms with Crippen molar-refractivity contribution in [3.8, 4) is 0 Å². The van der Waals surface area contributed by atoms with Crippen molar-refractivity contribution < 1.29 is 17.6 Å². The van der Waals surface area contributed by atoms with Gasteiger partial charge in [-0.1, -0.05) is 36.8 Å². The summed E-state index contributed by atoms with van der Waals surface area (Å²) in [6.45, 7) is 2.61. The van der Waals surface area contributed by atoms with Gasteiger partial charge >= 0.3 is 0 Å². The minimum atomic E-state index is -3.76. The Labute approximate surface area is 206 Å². The number of fused-ring (bicyclic) bond motifs is 1. The molecule has 1 aliphatic rings. The van der Waals surface area contributed by atoms with E-state index < -0.39 is 16.1 Å². The molecule has 4 heterocycles. The molecule has 1 aliphatic heterocycles. The molecule has 0 radical (unpaired) electrons. The fraction of sp³-hybridized carbons (Fsp3) is 0.333. The molecule has 0 bridgehead atoms. The summed E-state index contributed by atoms with van der Waals surface area (Å²) < 4.78 is 34.9. The Hall–Kier alpha value is -2.53. The summed E-state index contributed by atoms with van der Waals surface area (Å²) in [5, 5.41) is 2.28. The van der Waals surface area contributed by atoms with E-state index in [1.165, 1.54) is 32.5 Å². The van der Waals surface area contributed by atoms with Crippen LogP contribution in [0.5, 0.6) is 0 Å². The molecule has 0 N–H and O–H groups in total. The third-order valence-electron chi connectivity index (χ3n) is 6.04. The van der Waals surface area contributed by atoms with Crippen molar-refractivity contribution >= 4 is 54.0 Å². The van der Waals surface area contributed by atoms with Gasteiger partial charge in [0.25, 0.3) is 10.0 Å². The quantitative estimate of drug-likeness (QED) is 0.334. The summed E-state index contributed by atoms with van der Waals surface area (Å²) in [6.07, 6.45) is 4.48. The largest absolute Gasteiger partial charge is 0.467 e. The van der Waals surface area contributed by atoms with Gasteiger partial charge in [0.2, 0.25) is 5.91 Å². The van der Waals surface area contributed by atoms with Gasteiger partial charge in [-0.2, -0.15) is 4.31 Å². The summed E-state index contributed by atoms with van der Waals surface area (Å²) in [4.78, 5) is 20.3. The predicted molar refractivity (Wildman–Crippen MR) is 135 cm³/mol. The lowest BCUT2D eigenvalue weighted by Crippen LogP contribution is -2.52. The Kier molecular flexibility index (Phi) is 6.57. The minimum Gasteiger partial charge on any atom is -0.467 e. The standard InChI is InChI=1S/C24H25N3O4S3/c1-2-17-10-11-19-21(15-17)33-24(25-19)26(16-18-7-5-13-31-18)23(28)20-8-3-4-12-27(20)34(29,30)22-9-6-14-32-22/h5-7,9-11,13-15,20H,2-4,8,12,16H2,1H3. The number of thiophene rings is 1. The molecule has 1 amide bonds. The van der Waals surface area contributed by atoms with E-state index in [9.17, 15) is 13.2 Å². The summed E-state index contributed by atoms with van der Waals surface area (Å²) in [7, 11) is -3.76. The van der Waals surface area contributed by atoms with Crippen molar-refractivity contribution in [3.63, 3.8) is 0 Å². The highest BCUT2D eigenvalue weighted by molar-refractivity contribution is 7.91. The number of aryl methyl sites for hydroxylation is 1. The van der Waals surface area contributed by atoms with Crippen LogP contribution < -0.4 is 4.90 Å². The summed E-state index contributed by atoms with van der Waals surface area (Å²) in [5.41, 5.74) is 2.02. The number of piperidine rings is 1. The monoisotopic (exact) mass is 515 g/mol. The van der Waals surface area contributed by atoms with Gasteiger partial charge < -0.3 is 4.42 Å². The van der Waals surface area contributed by atoms with Gasteiger partial charge in [-0.3, -0.25) is 9.69 Å². The predicted octanol–water partition coefficient (Wildman–Crippen LogP) is 5.29. The van der Waals surface area contributed by atoms with Crippen molar-refractivity contribution in [2.24, 2.45) is 0 Å². The lowest BCUT2D eigenvalue weighted by atomic mass is 10.0. The first-order valence-electron chi connectivity index (χ1n) is 11.3. The third kappa shape index (κ3) is 4.43. The fourth-order valence-corrected chi connectivity index (χ4v) is 8.04. The zero-order chi connectivity index (χ0) is 23.7. The van der Waals surface area contributed by atoms with E-state index in [-0.39, 0.29) is 16.7 Å². The number of sulfonamides is 1. The number of nitrogens with zero attached hydrogens (tertiary/aromatic N) is 3. The van der Waals surface area contributed by atoms with Crippen molar-refractivity contribution in [1.29, 1.82) is 0 Å². The maximum atomic E-state index is 14.0. The van der Waals surface area contributed by atoms with Crippen LogP contribution in [-0.4, -0.2) is 36.2 Å². The van der Waals surface area contributed by atoms with Crippen molar-refractivity contribution in [1.82, 2.24) is 9.29 Å². The molecule has 178 valence electrons. The molecule has 0 saturated carbocycles. The molecule has 10 heteroatoms. The van der Waals surface area contributed by atoms with Gasteiger partial charge in [0.05, 0.1) is 23.0 Å². The van der Waals surface area contributed by atoms with E-state index >= 15 is 0 Å². The van der Waals surface area contributed by atoms with Gasteiger partial charge in [0, 0.05) is 6.54 Å². The fourth-order valence-electron chi connectivity index (χ4n) is 4.24. The number of furan rings is 1. The molecule has 1 aromatic carbocycles. The van der Waals surface area contributed by atoms with E-state index in [0.29, 0.717) is 23.9 Å². The molecular formula is C24H25N3O4S3. The maximum Gasteiger partial charge on any atom is 0.253 e. The Balaban J connectivity index is 1.53. The number of hydrogen-bond acceptors (Lipinski definition) is 7. The van der Waals surface area contributed by atoms with Crippen LogP contribution in [0.1, 0.15) is 37.5 Å². The van der Waals surface area contributed by atoms with Crippen molar-refractivity contribution in [3.05, 3.63) is 65.4 Å². The second kappa shape index (κ2) is 9.61. The van der Waals surface area contributed by atoms with Gasteiger partial charge in [-0.25, -0.2) is 13.4 Å². The SMILES string of the molecule is CCc1ccc2nc(N(Cc3ccco3)C(=O)C3CCCCN3S(=O)(=O)c3cccs3)sc2c1. The summed E-state index contributed by atoms with van der Waals surface area (Å²) >= 11 is 2.61. The molecule has 3 aromatic heterocycles. The number of rotatable bonds is 7. The summed E-state index contributed by atoms with van der Waals surface area (Å²) in [5.74, 6) is 0.344. The van der Waals surface area contributed by atoms with E-state index in [1.807, 2.05) is 18.2 Å². The molecule has 34 heavy (non-hydrogen) atoms. The number of hydrogen-bond donors (Lipinski definition) is 0. The lowest BCUT2D eigenvalue weighted by molar-refractivity contribution is -0.123. The molecule has 7 nitrogen and oxygen atoms in total. The first-order chi connectivity index (χ1) is 16.5. The van der Waals surface area contributed by atoms with Crippen LogP contribution >= 0.6 is 22.7 Å². The highest BCUT2D eigenvalue weighted by atomic mass is 32.2. The molecule has 5 rings (SSSR count). The molecule has 1 fully saturated rings. The number of aromatic nitrogens is 1. The highest BCUT2D eigenvalue weighted by Crippen LogP contribution is 2.34. The van der Waals surface area contributed by atoms with Gasteiger partial charge in [0.1, 0.15) is 16.0 Å². The van der Waals surface area contributed by atoms with Crippen LogP contribution in [0.2, 0.25) is 0 Å². The normalized spacial score (nSPS) is 17.3. The Bertz CT molecular complexity index is 1380. The first kappa shape index (κ1) is 23.2. The molecule has 1 saturated heterocycles. The number of anilines is 1. The van der Waals surface area contributed by atoms with Gasteiger partial charge in [-0.05, 0) is 60.5 Å². The van der Waals surface area contributed by atoms with Crippen molar-refractivity contribution in [2.45, 2.75) is 49.4 Å². The van der Waals surface area contributed by atoms with Gasteiger partial charge in [0.15, 0.2) is 5.13 Å². The molecule has 1 atom stereocenters. The number of benzene rings is 1. The number of thiazole rings is 1. The molecule has 0 aliphatic carbocycles. The minimum absolute atomic E-state index is 0.190. The van der Waals surface area contributed by atoms with E-state index in [2.05, 4.69) is 13.0 Å². The van der Waals surface area contributed by atoms with Crippen molar-refractivity contribution in [2.75, 3.05) is 11.4 Å². The summed E-state index contributed by atoms with van der Waals surface area (Å²) in [6, 6.07) is 12.2. The van der Waals surface area contributed by atoms with Crippen LogP contribution in [0, 0.1) is 0 Å². The first-order valence-corrected chi connectivity index (χ1v) is 14.4. The zero-order valence-electron chi connectivity index (χ0n) is 18.7. The van der Waals surface area contributed by atoms with Crippen LogP contribution in [0.4, 0.5) is 5.13 Å². The van der Waals surface area contributed by atoms with Crippen LogP contribution in [0.25, 0.3) is 10.2 Å². The van der Waals surface area contributed by atoms with E-state index in [0.717, 1.165) is 29.5 Å².